The summed E-state index contributed by atoms with van der Waals surface area (Å²) in [4.78, 5) is 31.1. The zero-order valence-electron chi connectivity index (χ0n) is 15.5. The lowest BCUT2D eigenvalue weighted by atomic mass is 10.1. The van der Waals surface area contributed by atoms with E-state index >= 15 is 0 Å². The number of hydrogen-bond donors (Lipinski definition) is 3. The number of carbonyl (C=O) groups excluding carboxylic acids is 1. The highest BCUT2D eigenvalue weighted by atomic mass is 16.1. The van der Waals surface area contributed by atoms with Gasteiger partial charge in [-0.3, -0.25) is 14.6 Å². The van der Waals surface area contributed by atoms with Crippen LogP contribution in [0.5, 0.6) is 0 Å². The number of rotatable bonds is 5. The number of benzene rings is 2. The Labute approximate surface area is 162 Å². The van der Waals surface area contributed by atoms with Crippen LogP contribution in [0.1, 0.15) is 24.5 Å². The predicted molar refractivity (Wildman–Crippen MR) is 108 cm³/mol. The quantitative estimate of drug-likeness (QED) is 0.631. The molecule has 7 nitrogen and oxygen atoms in total. The van der Waals surface area contributed by atoms with Crippen LogP contribution in [0.4, 0.5) is 17.3 Å². The van der Waals surface area contributed by atoms with Gasteiger partial charge in [0.2, 0.25) is 11.9 Å². The minimum Gasteiger partial charge on any atom is -0.326 e. The largest absolute Gasteiger partial charge is 0.326 e. The number of H-pyrrole nitrogens is 1. The average molecular weight is 373 g/mol. The standard InChI is InChI=1S/C21H19N5O2/c1-3-18(27)23-16-6-4-5-14(11-16)19-17(12-22)20(28)26-21(25-19)24-15-9-7-13(2)8-10-15/h4-11H,3H2,1-2H3,(H,23,27)(H2,24,25,26,28). The Kier molecular flexibility index (Phi) is 5.51. The summed E-state index contributed by atoms with van der Waals surface area (Å²) in [6.45, 7) is 3.74. The zero-order chi connectivity index (χ0) is 20.1. The first kappa shape index (κ1) is 18.9. The van der Waals surface area contributed by atoms with Gasteiger partial charge in [-0.15, -0.1) is 0 Å². The minimum atomic E-state index is -0.537. The summed E-state index contributed by atoms with van der Waals surface area (Å²) in [5, 5.41) is 15.2. The number of nitriles is 1. The second-order valence-electron chi connectivity index (χ2n) is 6.22. The summed E-state index contributed by atoms with van der Waals surface area (Å²) in [5.41, 5.74) is 2.62. The lowest BCUT2D eigenvalue weighted by molar-refractivity contribution is -0.115. The molecule has 0 atom stereocenters. The summed E-state index contributed by atoms with van der Waals surface area (Å²) in [6, 6.07) is 16.4. The second-order valence-corrected chi connectivity index (χ2v) is 6.22. The predicted octanol–water partition coefficient (Wildman–Crippen LogP) is 3.71. The first-order chi connectivity index (χ1) is 13.5. The van der Waals surface area contributed by atoms with Gasteiger partial charge in [-0.2, -0.15) is 5.26 Å². The minimum absolute atomic E-state index is 0.0894. The normalized spacial score (nSPS) is 10.2. The van der Waals surface area contributed by atoms with Crippen LogP contribution < -0.4 is 16.2 Å². The van der Waals surface area contributed by atoms with Crippen molar-refractivity contribution in [1.29, 1.82) is 5.26 Å². The molecule has 0 aliphatic rings. The molecular weight excluding hydrogens is 354 g/mol. The van der Waals surface area contributed by atoms with E-state index in [1.807, 2.05) is 37.3 Å². The van der Waals surface area contributed by atoms with Crippen LogP contribution in [0.25, 0.3) is 11.3 Å². The van der Waals surface area contributed by atoms with Crippen molar-refractivity contribution in [2.75, 3.05) is 10.6 Å². The number of nitrogens with zero attached hydrogens (tertiary/aromatic N) is 2. The Morgan fingerprint density at radius 3 is 2.61 bits per heavy atom. The fourth-order valence-electron chi connectivity index (χ4n) is 2.61. The molecule has 3 aromatic rings. The molecule has 0 aliphatic carbocycles. The van der Waals surface area contributed by atoms with Crippen molar-refractivity contribution < 1.29 is 4.79 Å². The maximum absolute atomic E-state index is 12.4. The molecule has 0 radical (unpaired) electrons. The van der Waals surface area contributed by atoms with E-state index in [1.54, 1.807) is 31.2 Å². The maximum atomic E-state index is 12.4. The van der Waals surface area contributed by atoms with Gasteiger partial charge in [0.15, 0.2) is 0 Å². The van der Waals surface area contributed by atoms with Gasteiger partial charge in [0, 0.05) is 23.4 Å². The Morgan fingerprint density at radius 2 is 1.93 bits per heavy atom. The average Bonchev–Trinajstić information content (AvgIpc) is 2.69. The number of hydrogen-bond acceptors (Lipinski definition) is 5. The van der Waals surface area contributed by atoms with E-state index in [0.29, 0.717) is 17.7 Å². The number of aromatic nitrogens is 2. The van der Waals surface area contributed by atoms with E-state index in [0.717, 1.165) is 11.3 Å². The van der Waals surface area contributed by atoms with Crippen molar-refractivity contribution in [1.82, 2.24) is 9.97 Å². The third-order valence-electron chi connectivity index (χ3n) is 4.09. The Balaban J connectivity index is 2.02. The van der Waals surface area contributed by atoms with Gasteiger partial charge < -0.3 is 10.6 Å². The Bertz CT molecular complexity index is 1110. The van der Waals surface area contributed by atoms with E-state index in [2.05, 4.69) is 20.6 Å². The van der Waals surface area contributed by atoms with Gasteiger partial charge in [-0.05, 0) is 31.2 Å². The third kappa shape index (κ3) is 4.24. The molecule has 1 aromatic heterocycles. The lowest BCUT2D eigenvalue weighted by Gasteiger charge is -2.10. The summed E-state index contributed by atoms with van der Waals surface area (Å²) < 4.78 is 0. The van der Waals surface area contributed by atoms with E-state index in [4.69, 9.17) is 0 Å². The summed E-state index contributed by atoms with van der Waals surface area (Å²) >= 11 is 0. The van der Waals surface area contributed by atoms with E-state index in [1.165, 1.54) is 0 Å². The van der Waals surface area contributed by atoms with Crippen LogP contribution in [-0.4, -0.2) is 15.9 Å². The molecule has 0 aliphatic heterocycles. The van der Waals surface area contributed by atoms with E-state index < -0.39 is 5.56 Å². The number of aryl methyl sites for hydroxylation is 1. The molecule has 3 rings (SSSR count). The SMILES string of the molecule is CCC(=O)Nc1cccc(-c2nc(Nc3ccc(C)cc3)[nH]c(=O)c2C#N)c1. The molecule has 28 heavy (non-hydrogen) atoms. The molecule has 0 unspecified atom stereocenters. The van der Waals surface area contributed by atoms with Crippen molar-refractivity contribution in [3.05, 3.63) is 70.0 Å². The zero-order valence-corrected chi connectivity index (χ0v) is 15.5. The van der Waals surface area contributed by atoms with Crippen molar-refractivity contribution in [2.45, 2.75) is 20.3 Å². The number of nitrogens with one attached hydrogen (secondary N) is 3. The molecule has 1 heterocycles. The van der Waals surface area contributed by atoms with E-state index in [-0.39, 0.29) is 23.1 Å². The lowest BCUT2D eigenvalue weighted by Crippen LogP contribution is -2.16. The molecule has 7 heteroatoms. The van der Waals surface area contributed by atoms with Crippen molar-refractivity contribution in [3.8, 4) is 17.3 Å². The Morgan fingerprint density at radius 1 is 1.18 bits per heavy atom. The van der Waals surface area contributed by atoms with Crippen LogP contribution in [0.15, 0.2) is 53.3 Å². The number of amides is 1. The third-order valence-corrected chi connectivity index (χ3v) is 4.09. The van der Waals surface area contributed by atoms with Crippen molar-refractivity contribution >= 4 is 23.2 Å². The molecule has 0 fully saturated rings. The molecule has 140 valence electrons. The molecule has 0 saturated heterocycles. The van der Waals surface area contributed by atoms with E-state index in [9.17, 15) is 14.9 Å². The van der Waals surface area contributed by atoms with Gasteiger partial charge in [0.05, 0.1) is 5.69 Å². The number of aromatic amines is 1. The van der Waals surface area contributed by atoms with Gasteiger partial charge in [0.25, 0.3) is 5.56 Å². The van der Waals surface area contributed by atoms with Crippen LogP contribution >= 0.6 is 0 Å². The fraction of sp³-hybridized carbons (Fsp3) is 0.143. The maximum Gasteiger partial charge on any atom is 0.270 e. The van der Waals surface area contributed by atoms with Crippen molar-refractivity contribution in [3.63, 3.8) is 0 Å². The molecular formula is C21H19N5O2. The van der Waals surface area contributed by atoms with Crippen LogP contribution in [-0.2, 0) is 4.79 Å². The fourth-order valence-corrected chi connectivity index (χ4v) is 2.61. The Hall–Kier alpha value is -3.92. The molecule has 3 N–H and O–H groups in total. The molecule has 1 amide bonds. The number of carbonyl (C=O) groups is 1. The van der Waals surface area contributed by atoms with Crippen LogP contribution in [0.2, 0.25) is 0 Å². The summed E-state index contributed by atoms with van der Waals surface area (Å²) in [7, 11) is 0. The highest BCUT2D eigenvalue weighted by molar-refractivity contribution is 5.91. The topological polar surface area (TPSA) is 111 Å². The smallest absolute Gasteiger partial charge is 0.270 e. The molecule has 0 bridgehead atoms. The summed E-state index contributed by atoms with van der Waals surface area (Å²) in [6.07, 6.45) is 0.349. The summed E-state index contributed by atoms with van der Waals surface area (Å²) in [5.74, 6) is 0.101. The van der Waals surface area contributed by atoms with Crippen molar-refractivity contribution in [2.24, 2.45) is 0 Å². The van der Waals surface area contributed by atoms with Gasteiger partial charge in [-0.25, -0.2) is 4.98 Å². The molecule has 0 spiro atoms. The van der Waals surface area contributed by atoms with Gasteiger partial charge in [-0.1, -0.05) is 36.8 Å². The number of anilines is 3. The van der Waals surface area contributed by atoms with Gasteiger partial charge in [0.1, 0.15) is 11.6 Å². The molecule has 2 aromatic carbocycles. The van der Waals surface area contributed by atoms with Gasteiger partial charge >= 0.3 is 0 Å². The van der Waals surface area contributed by atoms with Crippen LogP contribution in [0.3, 0.4) is 0 Å². The highest BCUT2D eigenvalue weighted by Gasteiger charge is 2.14. The highest BCUT2D eigenvalue weighted by Crippen LogP contribution is 2.24. The first-order valence-corrected chi connectivity index (χ1v) is 8.78. The van der Waals surface area contributed by atoms with Crippen LogP contribution in [0, 0.1) is 18.3 Å². The monoisotopic (exact) mass is 373 g/mol. The molecule has 0 saturated carbocycles. The second kappa shape index (κ2) is 8.18. The first-order valence-electron chi connectivity index (χ1n) is 8.78.